The standard InChI is InChI=1S/C57H72NO10/c1-59-48-29-40-23-42-31-53(64-6)44(33-52(42)63-5)25-46-36-57(68-21-13-11-10-12-17-58-18-14-37(15-19-58)16-20-58)47(35-56(46)67-9)26-45-34-54(65-7)43(32-55(45)66-8)24-41-30-50(61-3)39(28-51(41)62-4)22-38(48)27-49(40)60-2/h27-37H,10-26H2,1-9H3/q+1. The van der Waals surface area contributed by atoms with Gasteiger partial charge in [0.25, 0.3) is 0 Å². The van der Waals surface area contributed by atoms with Gasteiger partial charge < -0.3 is 51.9 Å². The molecule has 5 aromatic rings. The molecule has 364 valence electrons. The zero-order valence-corrected chi connectivity index (χ0v) is 41.9. The van der Waals surface area contributed by atoms with E-state index in [0.29, 0.717) is 38.7 Å². The van der Waals surface area contributed by atoms with E-state index in [0.717, 1.165) is 132 Å². The van der Waals surface area contributed by atoms with Gasteiger partial charge in [-0.05, 0) is 112 Å². The molecule has 0 N–H and O–H groups in total. The minimum Gasteiger partial charge on any atom is -0.496 e. The van der Waals surface area contributed by atoms with Crippen LogP contribution in [-0.4, -0.2) is 101 Å². The Morgan fingerprint density at radius 3 is 0.824 bits per heavy atom. The summed E-state index contributed by atoms with van der Waals surface area (Å²) >= 11 is 0. The highest BCUT2D eigenvalue weighted by Crippen LogP contribution is 2.43. The van der Waals surface area contributed by atoms with Gasteiger partial charge in [-0.25, -0.2) is 0 Å². The van der Waals surface area contributed by atoms with E-state index in [1.165, 1.54) is 62.8 Å². The molecule has 10 aliphatic carbocycles. The molecule has 0 aromatic heterocycles. The van der Waals surface area contributed by atoms with E-state index in [4.69, 9.17) is 47.4 Å². The van der Waals surface area contributed by atoms with E-state index in [-0.39, 0.29) is 0 Å². The van der Waals surface area contributed by atoms with Crippen molar-refractivity contribution in [3.05, 3.63) is 116 Å². The molecular formula is C57H72NO10+. The number of ether oxygens (including phenoxy) is 10. The average Bonchev–Trinajstić information content (AvgIpc) is 3.37. The topological polar surface area (TPSA) is 92.3 Å². The summed E-state index contributed by atoms with van der Waals surface area (Å²) in [5.74, 6) is 8.43. The molecular weight excluding hydrogens is 859 g/mol. The van der Waals surface area contributed by atoms with Crippen molar-refractivity contribution in [2.24, 2.45) is 5.92 Å². The second-order valence-corrected chi connectivity index (χ2v) is 18.8. The van der Waals surface area contributed by atoms with Crippen molar-refractivity contribution >= 4 is 0 Å². The number of nitrogens with zero attached hydrogens (tertiary/aromatic N) is 1. The van der Waals surface area contributed by atoms with Crippen molar-refractivity contribution in [3.63, 3.8) is 0 Å². The number of benzene rings is 5. The molecule has 68 heavy (non-hydrogen) atoms. The van der Waals surface area contributed by atoms with Gasteiger partial charge in [0.2, 0.25) is 0 Å². The van der Waals surface area contributed by atoms with Crippen molar-refractivity contribution in [1.82, 2.24) is 0 Å². The fraction of sp³-hybridized carbons (Fsp3) is 0.474. The van der Waals surface area contributed by atoms with E-state index < -0.39 is 0 Å². The first-order valence-corrected chi connectivity index (χ1v) is 24.3. The summed E-state index contributed by atoms with van der Waals surface area (Å²) in [6.07, 6.45) is 11.5. The van der Waals surface area contributed by atoms with E-state index in [9.17, 15) is 0 Å². The number of quaternary nitrogens is 1. The highest BCUT2D eigenvalue weighted by atomic mass is 16.5. The molecule has 0 unspecified atom stereocenters. The molecule has 3 saturated heterocycles. The van der Waals surface area contributed by atoms with Gasteiger partial charge in [-0.15, -0.1) is 0 Å². The molecule has 3 aliphatic heterocycles. The van der Waals surface area contributed by atoms with Crippen LogP contribution in [0.25, 0.3) is 0 Å². The molecule has 0 radical (unpaired) electrons. The van der Waals surface area contributed by atoms with Gasteiger partial charge >= 0.3 is 0 Å². The zero-order valence-electron chi connectivity index (χ0n) is 41.9. The van der Waals surface area contributed by atoms with Crippen molar-refractivity contribution in [2.45, 2.75) is 77.0 Å². The third kappa shape index (κ3) is 10.5. The predicted octanol–water partition coefficient (Wildman–Crippen LogP) is 10.6. The van der Waals surface area contributed by atoms with Crippen LogP contribution in [0.1, 0.15) is 101 Å². The van der Waals surface area contributed by atoms with Gasteiger partial charge in [-0.1, -0.05) is 0 Å². The first kappa shape index (κ1) is 48.5. The fourth-order valence-corrected chi connectivity index (χ4v) is 11.0. The van der Waals surface area contributed by atoms with Gasteiger partial charge in [-0.3, -0.25) is 0 Å². The zero-order chi connectivity index (χ0) is 47.8. The number of unbranched alkanes of at least 4 members (excludes halogenated alkanes) is 3. The Hall–Kier alpha value is -5.94. The van der Waals surface area contributed by atoms with Crippen LogP contribution in [0.3, 0.4) is 0 Å². The minimum absolute atomic E-state index is 0.506. The molecule has 11 heteroatoms. The number of rotatable bonds is 17. The fourth-order valence-electron chi connectivity index (χ4n) is 11.0. The molecule has 3 heterocycles. The van der Waals surface area contributed by atoms with E-state index in [1.807, 2.05) is 24.3 Å². The Labute approximate surface area is 404 Å². The molecule has 0 saturated carbocycles. The van der Waals surface area contributed by atoms with Crippen LogP contribution in [-0.2, 0) is 32.1 Å². The third-order valence-electron chi connectivity index (χ3n) is 14.9. The lowest BCUT2D eigenvalue weighted by Crippen LogP contribution is -2.58. The summed E-state index contributed by atoms with van der Waals surface area (Å²) in [6, 6.07) is 20.7. The van der Waals surface area contributed by atoms with Gasteiger partial charge in [0.05, 0.1) is 96.8 Å². The second kappa shape index (κ2) is 22.0. The van der Waals surface area contributed by atoms with Crippen molar-refractivity contribution < 1.29 is 51.9 Å². The average molecular weight is 931 g/mol. The number of piperidine rings is 3. The monoisotopic (exact) mass is 931 g/mol. The summed E-state index contributed by atoms with van der Waals surface area (Å²) < 4.78 is 63.1. The van der Waals surface area contributed by atoms with Crippen molar-refractivity contribution in [1.29, 1.82) is 0 Å². The maximum atomic E-state index is 6.82. The number of hydrogen-bond donors (Lipinski definition) is 0. The normalized spacial score (nSPS) is 17.4. The van der Waals surface area contributed by atoms with Crippen LogP contribution in [0.15, 0.2) is 60.7 Å². The Balaban J connectivity index is 1.20. The lowest BCUT2D eigenvalue weighted by molar-refractivity contribution is -0.942. The summed E-state index contributed by atoms with van der Waals surface area (Å²) in [4.78, 5) is 0. The van der Waals surface area contributed by atoms with Crippen LogP contribution in [0.5, 0.6) is 57.5 Å². The van der Waals surface area contributed by atoms with E-state index >= 15 is 0 Å². The first-order chi connectivity index (χ1) is 33.2. The molecule has 11 nitrogen and oxygen atoms in total. The van der Waals surface area contributed by atoms with E-state index in [1.54, 1.807) is 64.0 Å². The molecule has 13 aliphatic rings. The van der Waals surface area contributed by atoms with Gasteiger partial charge in [0.1, 0.15) is 57.5 Å². The maximum Gasteiger partial charge on any atom is 0.123 e. The Bertz CT molecular complexity index is 2530. The predicted molar refractivity (Wildman–Crippen MR) is 266 cm³/mol. The molecule has 0 atom stereocenters. The van der Waals surface area contributed by atoms with Gasteiger partial charge in [0.15, 0.2) is 0 Å². The number of fused-ring (bicyclic) bond motifs is 3. The van der Waals surface area contributed by atoms with Gasteiger partial charge in [0, 0.05) is 87.7 Å². The quantitative estimate of drug-likeness (QED) is 0.0650. The molecule has 18 rings (SSSR count). The molecule has 0 amide bonds. The molecule has 12 bridgehead atoms. The van der Waals surface area contributed by atoms with Crippen LogP contribution >= 0.6 is 0 Å². The highest BCUT2D eigenvalue weighted by molar-refractivity contribution is 5.59. The Morgan fingerprint density at radius 2 is 0.559 bits per heavy atom. The van der Waals surface area contributed by atoms with Gasteiger partial charge in [-0.2, -0.15) is 0 Å². The Kier molecular flexibility index (Phi) is 15.7. The summed E-state index contributed by atoms with van der Waals surface area (Å²) in [7, 11) is 15.3. The SMILES string of the molecule is COc1cc2c(OC)cc1Cc1cc(OC)c(cc1OC)Cc1cc(OC)c(cc1OC)Cc1cc(OC)c(cc1OCCCCCC[N+]13CCC(CC1)CC3)Cc1cc(OC)c(cc1OC)C2. The molecule has 5 aromatic carbocycles. The van der Waals surface area contributed by atoms with Crippen molar-refractivity contribution in [2.75, 3.05) is 96.8 Å². The van der Waals surface area contributed by atoms with Crippen LogP contribution in [0.4, 0.5) is 0 Å². The highest BCUT2D eigenvalue weighted by Gasteiger charge is 2.39. The second-order valence-electron chi connectivity index (χ2n) is 18.8. The molecule has 0 spiro atoms. The first-order valence-electron chi connectivity index (χ1n) is 24.3. The smallest absolute Gasteiger partial charge is 0.123 e. The van der Waals surface area contributed by atoms with Crippen LogP contribution < -0.4 is 47.4 Å². The lowest BCUT2D eigenvalue weighted by Gasteiger charge is -2.49. The molecule has 3 fully saturated rings. The lowest BCUT2D eigenvalue weighted by atomic mass is 9.85. The Morgan fingerprint density at radius 1 is 0.324 bits per heavy atom. The number of methoxy groups -OCH3 is 9. The third-order valence-corrected chi connectivity index (χ3v) is 14.9. The summed E-state index contributed by atoms with van der Waals surface area (Å²) in [5.41, 5.74) is 9.53. The summed E-state index contributed by atoms with van der Waals surface area (Å²) in [6.45, 7) is 6.09. The summed E-state index contributed by atoms with van der Waals surface area (Å²) in [5, 5.41) is 0. The minimum atomic E-state index is 0.506. The van der Waals surface area contributed by atoms with Crippen LogP contribution in [0, 0.1) is 5.92 Å². The maximum absolute atomic E-state index is 6.82. The van der Waals surface area contributed by atoms with Crippen molar-refractivity contribution in [3.8, 4) is 57.5 Å². The van der Waals surface area contributed by atoms with E-state index in [2.05, 4.69) is 36.4 Å². The number of hydrogen-bond acceptors (Lipinski definition) is 10. The largest absolute Gasteiger partial charge is 0.496 e. The van der Waals surface area contributed by atoms with Crippen LogP contribution in [0.2, 0.25) is 0 Å².